The Kier molecular flexibility index (Phi) is 6.44. The van der Waals surface area contributed by atoms with E-state index < -0.39 is 11.6 Å². The van der Waals surface area contributed by atoms with Crippen LogP contribution in [-0.4, -0.2) is 60.6 Å². The zero-order valence-electron chi connectivity index (χ0n) is 17.1. The topological polar surface area (TPSA) is 68.6 Å². The smallest absolute Gasteiger partial charge is 0.238 e. The Morgan fingerprint density at radius 2 is 1.81 bits per heavy atom. The molecule has 0 saturated carbocycles. The lowest BCUT2D eigenvalue weighted by Gasteiger charge is -2.40. The number of hydrogen-bond acceptors (Lipinski definition) is 5. The van der Waals surface area contributed by atoms with Crippen molar-refractivity contribution in [3.05, 3.63) is 59.7 Å². The lowest BCUT2D eigenvalue weighted by atomic mass is 10.2. The number of likely N-dealkylation sites (tertiary alicyclic amines) is 1. The van der Waals surface area contributed by atoms with Gasteiger partial charge in [0.05, 0.1) is 18.2 Å². The summed E-state index contributed by atoms with van der Waals surface area (Å²) < 4.78 is 32.2. The Hall–Kier alpha value is -3.02. The van der Waals surface area contributed by atoms with Gasteiger partial charge in [0, 0.05) is 43.5 Å². The zero-order chi connectivity index (χ0) is 21.8. The molecule has 6 nitrogen and oxygen atoms in total. The highest BCUT2D eigenvalue weighted by molar-refractivity contribution is 5.92. The molecule has 2 aromatic carbocycles. The van der Waals surface area contributed by atoms with Gasteiger partial charge in [0.25, 0.3) is 0 Å². The summed E-state index contributed by atoms with van der Waals surface area (Å²) in [7, 11) is 0. The number of halogens is 2. The van der Waals surface area contributed by atoms with Crippen molar-refractivity contribution < 1.29 is 18.3 Å². The van der Waals surface area contributed by atoms with Gasteiger partial charge in [-0.3, -0.25) is 14.6 Å². The fourth-order valence-electron chi connectivity index (χ4n) is 4.44. The maximum atomic E-state index is 13.3. The van der Waals surface area contributed by atoms with Crippen LogP contribution >= 0.6 is 0 Å². The summed E-state index contributed by atoms with van der Waals surface area (Å²) in [5.74, 6) is -1.40. The fraction of sp³-hybridized carbons (Fsp3) is 0.391. The maximum absolute atomic E-state index is 13.3. The predicted molar refractivity (Wildman–Crippen MR) is 112 cm³/mol. The number of benzene rings is 2. The summed E-state index contributed by atoms with van der Waals surface area (Å²) in [6.45, 7) is 3.18. The normalized spacial score (nSPS) is 20.9. The van der Waals surface area contributed by atoms with Crippen molar-refractivity contribution in [2.45, 2.75) is 24.9 Å². The van der Waals surface area contributed by atoms with Crippen molar-refractivity contribution in [3.8, 4) is 11.8 Å². The van der Waals surface area contributed by atoms with Crippen LogP contribution in [0.15, 0.2) is 42.5 Å². The molecule has 2 heterocycles. The first-order valence-corrected chi connectivity index (χ1v) is 10.4. The van der Waals surface area contributed by atoms with Crippen molar-refractivity contribution in [1.82, 2.24) is 9.80 Å². The van der Waals surface area contributed by atoms with Gasteiger partial charge in [-0.05, 0) is 49.2 Å². The zero-order valence-corrected chi connectivity index (χ0v) is 17.1. The molecule has 2 unspecified atom stereocenters. The van der Waals surface area contributed by atoms with Crippen LogP contribution in [-0.2, 0) is 4.79 Å². The van der Waals surface area contributed by atoms with Crippen molar-refractivity contribution in [2.24, 2.45) is 0 Å². The molecule has 0 aromatic heterocycles. The molecule has 2 atom stereocenters. The standard InChI is InChI=1S/C23H24F2N4O2/c24-21-8-3-17(11-22(21)25)27-23(30)15-28-13-18-4-5-19(14-28)29(18)9-10-31-20-6-1-16(12-26)2-7-20/h1-3,6-8,11,18-19H,4-5,9-10,13-15H2,(H,27,30). The number of nitriles is 1. The molecule has 4 rings (SSSR count). The average Bonchev–Trinajstić information content (AvgIpc) is 2.99. The number of carbonyl (C=O) groups excluding carboxylic acids is 1. The van der Waals surface area contributed by atoms with E-state index in [1.54, 1.807) is 24.3 Å². The Morgan fingerprint density at radius 3 is 2.45 bits per heavy atom. The highest BCUT2D eigenvalue weighted by Crippen LogP contribution is 2.29. The summed E-state index contributed by atoms with van der Waals surface area (Å²) >= 11 is 0. The minimum Gasteiger partial charge on any atom is -0.492 e. The van der Waals surface area contributed by atoms with Gasteiger partial charge in [0.2, 0.25) is 5.91 Å². The fourth-order valence-corrected chi connectivity index (χ4v) is 4.44. The van der Waals surface area contributed by atoms with Gasteiger partial charge in [-0.1, -0.05) is 0 Å². The van der Waals surface area contributed by atoms with Gasteiger partial charge < -0.3 is 10.1 Å². The Balaban J connectivity index is 1.24. The van der Waals surface area contributed by atoms with Crippen molar-refractivity contribution in [1.29, 1.82) is 5.26 Å². The van der Waals surface area contributed by atoms with Gasteiger partial charge in [-0.2, -0.15) is 5.26 Å². The van der Waals surface area contributed by atoms with Gasteiger partial charge in [0.1, 0.15) is 12.4 Å². The third kappa shape index (κ3) is 5.19. The number of rotatable bonds is 7. The summed E-state index contributed by atoms with van der Waals surface area (Å²) in [6, 6.07) is 13.3. The molecule has 1 N–H and O–H groups in total. The quantitative estimate of drug-likeness (QED) is 0.737. The monoisotopic (exact) mass is 426 g/mol. The summed E-state index contributed by atoms with van der Waals surface area (Å²) in [5.41, 5.74) is 0.862. The minimum absolute atomic E-state index is 0.224. The molecule has 31 heavy (non-hydrogen) atoms. The molecular weight excluding hydrogens is 402 g/mol. The lowest BCUT2D eigenvalue weighted by Crippen LogP contribution is -2.55. The highest BCUT2D eigenvalue weighted by Gasteiger charge is 2.39. The van der Waals surface area contributed by atoms with E-state index >= 15 is 0 Å². The van der Waals surface area contributed by atoms with E-state index in [1.165, 1.54) is 6.07 Å². The number of ether oxygens (including phenoxy) is 1. The van der Waals surface area contributed by atoms with Gasteiger partial charge in [-0.15, -0.1) is 0 Å². The molecule has 2 aliphatic rings. The van der Waals surface area contributed by atoms with Gasteiger partial charge in [0.15, 0.2) is 11.6 Å². The molecule has 1 amide bonds. The predicted octanol–water partition coefficient (Wildman–Crippen LogP) is 3.00. The van der Waals surface area contributed by atoms with E-state index in [0.29, 0.717) is 24.3 Å². The first-order valence-electron chi connectivity index (χ1n) is 10.4. The third-order valence-corrected chi connectivity index (χ3v) is 5.88. The van der Waals surface area contributed by atoms with Gasteiger partial charge >= 0.3 is 0 Å². The molecule has 2 bridgehead atoms. The number of carbonyl (C=O) groups is 1. The number of nitrogens with one attached hydrogen (secondary N) is 1. The number of nitrogens with zero attached hydrogens (tertiary/aromatic N) is 3. The Morgan fingerprint density at radius 1 is 1.10 bits per heavy atom. The number of piperazine rings is 1. The molecule has 2 aromatic rings. The Labute approximate surface area is 180 Å². The number of anilines is 1. The maximum Gasteiger partial charge on any atom is 0.238 e. The SMILES string of the molecule is N#Cc1ccc(OCCN2C3CCC2CN(CC(=O)Nc2ccc(F)c(F)c2)C3)cc1. The molecule has 0 spiro atoms. The van der Waals surface area contributed by atoms with Crippen molar-refractivity contribution >= 4 is 11.6 Å². The van der Waals surface area contributed by atoms with Crippen LogP contribution in [0.25, 0.3) is 0 Å². The van der Waals surface area contributed by atoms with E-state index in [0.717, 1.165) is 50.4 Å². The van der Waals surface area contributed by atoms with E-state index in [2.05, 4.69) is 21.2 Å². The first-order chi connectivity index (χ1) is 15.0. The van der Waals surface area contributed by atoms with E-state index in [4.69, 9.17) is 10.00 Å². The average molecular weight is 426 g/mol. The van der Waals surface area contributed by atoms with Crippen LogP contribution in [0.2, 0.25) is 0 Å². The first kappa shape index (κ1) is 21.2. The number of amides is 1. The van der Waals surface area contributed by atoms with E-state index in [9.17, 15) is 13.6 Å². The molecule has 2 saturated heterocycles. The number of fused-ring (bicyclic) bond motifs is 2. The van der Waals surface area contributed by atoms with Crippen LogP contribution in [0.4, 0.5) is 14.5 Å². The summed E-state index contributed by atoms with van der Waals surface area (Å²) in [4.78, 5) is 16.9. The molecule has 2 aliphatic heterocycles. The van der Waals surface area contributed by atoms with E-state index in [1.807, 2.05) is 0 Å². The second kappa shape index (κ2) is 9.41. The highest BCUT2D eigenvalue weighted by atomic mass is 19.2. The second-order valence-electron chi connectivity index (χ2n) is 7.98. The minimum atomic E-state index is -0.979. The van der Waals surface area contributed by atoms with Crippen LogP contribution in [0.3, 0.4) is 0 Å². The lowest BCUT2D eigenvalue weighted by molar-refractivity contribution is -0.118. The van der Waals surface area contributed by atoms with Crippen molar-refractivity contribution in [2.75, 3.05) is 38.1 Å². The van der Waals surface area contributed by atoms with Crippen LogP contribution in [0, 0.1) is 23.0 Å². The van der Waals surface area contributed by atoms with Crippen molar-refractivity contribution in [3.63, 3.8) is 0 Å². The summed E-state index contributed by atoms with van der Waals surface area (Å²) in [5, 5.41) is 11.5. The van der Waals surface area contributed by atoms with Gasteiger partial charge in [-0.25, -0.2) is 8.78 Å². The molecule has 0 aliphatic carbocycles. The third-order valence-electron chi connectivity index (χ3n) is 5.88. The van der Waals surface area contributed by atoms with Crippen LogP contribution < -0.4 is 10.1 Å². The van der Waals surface area contributed by atoms with E-state index in [-0.39, 0.29) is 18.1 Å². The molecule has 0 radical (unpaired) electrons. The largest absolute Gasteiger partial charge is 0.492 e. The van der Waals surface area contributed by atoms with Crippen LogP contribution in [0.1, 0.15) is 18.4 Å². The number of hydrogen-bond donors (Lipinski definition) is 1. The second-order valence-corrected chi connectivity index (χ2v) is 7.98. The summed E-state index contributed by atoms with van der Waals surface area (Å²) in [6.07, 6.45) is 2.17. The Bertz CT molecular complexity index is 963. The molecule has 162 valence electrons. The van der Waals surface area contributed by atoms with Crippen LogP contribution in [0.5, 0.6) is 5.75 Å². The molecular formula is C23H24F2N4O2. The molecule has 2 fully saturated rings. The molecule has 8 heteroatoms.